The first-order valence-electron chi connectivity index (χ1n) is 6.43. The summed E-state index contributed by atoms with van der Waals surface area (Å²) in [5.41, 5.74) is 7.18. The Balaban J connectivity index is 2.55. The first kappa shape index (κ1) is 14.6. The highest BCUT2D eigenvalue weighted by Crippen LogP contribution is 2.28. The Hall–Kier alpha value is -1.82. The highest BCUT2D eigenvalue weighted by Gasteiger charge is 2.24. The zero-order valence-electron chi connectivity index (χ0n) is 12.6. The lowest BCUT2D eigenvalue weighted by atomic mass is 10.0. The number of rotatable bonds is 4. The second-order valence-electron chi connectivity index (χ2n) is 5.74. The molecule has 0 saturated heterocycles. The van der Waals surface area contributed by atoms with Gasteiger partial charge in [0.2, 0.25) is 5.95 Å². The number of nitrogens with two attached hydrogens (primary N) is 1. The maximum Gasteiger partial charge on any atom is 0.201 e. The molecule has 110 valence electrons. The van der Waals surface area contributed by atoms with Crippen molar-refractivity contribution in [1.82, 2.24) is 14.5 Å². The summed E-state index contributed by atoms with van der Waals surface area (Å²) in [6, 6.07) is 2.99. The van der Waals surface area contributed by atoms with E-state index in [1.54, 1.807) is 6.07 Å². The normalized spacial score (nSPS) is 12.3. The van der Waals surface area contributed by atoms with Crippen LogP contribution in [0.2, 0.25) is 0 Å². The van der Waals surface area contributed by atoms with Crippen LogP contribution in [0.25, 0.3) is 11.0 Å². The van der Waals surface area contributed by atoms with Gasteiger partial charge in [0.1, 0.15) is 0 Å². The van der Waals surface area contributed by atoms with E-state index in [0.29, 0.717) is 18.0 Å². The summed E-state index contributed by atoms with van der Waals surface area (Å²) in [6.07, 6.45) is 0. The predicted molar refractivity (Wildman–Crippen MR) is 78.4 cm³/mol. The van der Waals surface area contributed by atoms with E-state index in [-0.39, 0.29) is 11.3 Å². The number of nitrogen functional groups attached to an aromatic ring is 1. The quantitative estimate of drug-likeness (QED) is 0.932. The van der Waals surface area contributed by atoms with Crippen molar-refractivity contribution in [2.24, 2.45) is 0 Å². The second-order valence-corrected chi connectivity index (χ2v) is 5.74. The summed E-state index contributed by atoms with van der Waals surface area (Å²) in [5.74, 6) is 0.139. The number of anilines is 1. The van der Waals surface area contributed by atoms with Crippen molar-refractivity contribution < 1.29 is 9.13 Å². The minimum Gasteiger partial charge on any atom is -0.494 e. The minimum atomic E-state index is -0.434. The third-order valence-electron chi connectivity index (χ3n) is 3.81. The summed E-state index contributed by atoms with van der Waals surface area (Å²) in [4.78, 5) is 6.33. The number of hydrogen-bond acceptors (Lipinski definition) is 4. The summed E-state index contributed by atoms with van der Waals surface area (Å²) in [5, 5.41) is 0. The van der Waals surface area contributed by atoms with Gasteiger partial charge < -0.3 is 19.9 Å². The lowest BCUT2D eigenvalue weighted by Crippen LogP contribution is -2.42. The lowest BCUT2D eigenvalue weighted by molar-refractivity contribution is 0.172. The molecule has 0 saturated carbocycles. The van der Waals surface area contributed by atoms with Crippen LogP contribution in [0.15, 0.2) is 12.1 Å². The Labute approximate surface area is 118 Å². The van der Waals surface area contributed by atoms with E-state index in [4.69, 9.17) is 10.5 Å². The highest BCUT2D eigenvalue weighted by molar-refractivity contribution is 5.80. The Kier molecular flexibility index (Phi) is 3.60. The molecule has 1 heterocycles. The van der Waals surface area contributed by atoms with E-state index in [9.17, 15) is 4.39 Å². The molecule has 0 amide bonds. The molecule has 0 aliphatic heterocycles. The van der Waals surface area contributed by atoms with Crippen LogP contribution in [0.4, 0.5) is 10.3 Å². The molecule has 2 N–H and O–H groups in total. The molecule has 2 aromatic rings. The van der Waals surface area contributed by atoms with E-state index in [1.165, 1.54) is 13.2 Å². The average molecular weight is 280 g/mol. The minimum absolute atomic E-state index is 0.108. The second kappa shape index (κ2) is 4.94. The van der Waals surface area contributed by atoms with Gasteiger partial charge in [0.25, 0.3) is 0 Å². The number of nitrogens with zero attached hydrogens (tertiary/aromatic N) is 3. The van der Waals surface area contributed by atoms with Crippen LogP contribution < -0.4 is 10.5 Å². The zero-order chi connectivity index (χ0) is 15.1. The maximum absolute atomic E-state index is 13.7. The molecule has 0 radical (unpaired) electrons. The van der Waals surface area contributed by atoms with Crippen molar-refractivity contribution in [3.63, 3.8) is 0 Å². The molecule has 2 rings (SSSR count). The number of fused-ring (bicyclic) bond motifs is 1. The molecule has 1 aromatic heterocycles. The average Bonchev–Trinajstić information content (AvgIpc) is 2.63. The van der Waals surface area contributed by atoms with E-state index < -0.39 is 5.82 Å². The SMILES string of the molecule is COc1cc2c(cc1F)nc(N)n2CC(C)(C)N(C)C. The van der Waals surface area contributed by atoms with Crippen LogP contribution in [-0.4, -0.2) is 41.2 Å². The van der Waals surface area contributed by atoms with Gasteiger partial charge in [0.15, 0.2) is 11.6 Å². The summed E-state index contributed by atoms with van der Waals surface area (Å²) < 4.78 is 20.6. The number of aromatic nitrogens is 2. The number of hydrogen-bond donors (Lipinski definition) is 1. The van der Waals surface area contributed by atoms with E-state index in [1.807, 2.05) is 18.7 Å². The van der Waals surface area contributed by atoms with Crippen LogP contribution in [0.5, 0.6) is 5.75 Å². The van der Waals surface area contributed by atoms with E-state index in [0.717, 1.165) is 5.52 Å². The van der Waals surface area contributed by atoms with Gasteiger partial charge >= 0.3 is 0 Å². The zero-order valence-corrected chi connectivity index (χ0v) is 12.6. The molecular formula is C14H21FN4O. The smallest absolute Gasteiger partial charge is 0.201 e. The third kappa shape index (κ3) is 2.43. The predicted octanol–water partition coefficient (Wildman–Crippen LogP) is 2.11. The van der Waals surface area contributed by atoms with Crippen molar-refractivity contribution in [2.45, 2.75) is 25.9 Å². The van der Waals surface area contributed by atoms with Crippen molar-refractivity contribution in [2.75, 3.05) is 26.9 Å². The number of imidazole rings is 1. The fourth-order valence-electron chi connectivity index (χ4n) is 2.00. The van der Waals surface area contributed by atoms with Gasteiger partial charge in [-0.25, -0.2) is 9.37 Å². The van der Waals surface area contributed by atoms with Gasteiger partial charge in [0.05, 0.1) is 18.1 Å². The number of likely N-dealkylation sites (N-methyl/N-ethyl adjacent to an activating group) is 1. The maximum atomic E-state index is 13.7. The molecule has 6 heteroatoms. The van der Waals surface area contributed by atoms with Gasteiger partial charge in [-0.15, -0.1) is 0 Å². The Bertz CT molecular complexity index is 634. The van der Waals surface area contributed by atoms with Crippen molar-refractivity contribution >= 4 is 17.0 Å². The number of halogens is 1. The van der Waals surface area contributed by atoms with Crippen molar-refractivity contribution in [3.05, 3.63) is 17.9 Å². The first-order chi connectivity index (χ1) is 9.26. The molecule has 0 fully saturated rings. The van der Waals surface area contributed by atoms with Crippen molar-refractivity contribution in [1.29, 1.82) is 0 Å². The van der Waals surface area contributed by atoms with Crippen LogP contribution in [0.1, 0.15) is 13.8 Å². The van der Waals surface area contributed by atoms with Crippen LogP contribution >= 0.6 is 0 Å². The first-order valence-corrected chi connectivity index (χ1v) is 6.43. The highest BCUT2D eigenvalue weighted by atomic mass is 19.1. The summed E-state index contributed by atoms with van der Waals surface area (Å²) >= 11 is 0. The molecule has 1 aromatic carbocycles. The van der Waals surface area contributed by atoms with Gasteiger partial charge in [-0.3, -0.25) is 0 Å². The molecule has 0 atom stereocenters. The fraction of sp³-hybridized carbons (Fsp3) is 0.500. The molecule has 0 unspecified atom stereocenters. The van der Waals surface area contributed by atoms with E-state index >= 15 is 0 Å². The van der Waals surface area contributed by atoms with E-state index in [2.05, 4.69) is 23.7 Å². The standard InChI is InChI=1S/C14H21FN4O/c1-14(2,18(3)4)8-19-11-7-12(20-5)9(15)6-10(11)17-13(19)16/h6-7H,8H2,1-5H3,(H2,16,17). The van der Waals surface area contributed by atoms with Crippen molar-refractivity contribution in [3.8, 4) is 5.75 Å². The Morgan fingerprint density at radius 2 is 2.05 bits per heavy atom. The molecule has 0 aliphatic rings. The molecule has 5 nitrogen and oxygen atoms in total. The van der Waals surface area contributed by atoms with Crippen LogP contribution in [-0.2, 0) is 6.54 Å². The largest absolute Gasteiger partial charge is 0.494 e. The molecule has 0 bridgehead atoms. The number of ether oxygens (including phenoxy) is 1. The summed E-state index contributed by atoms with van der Waals surface area (Å²) in [6.45, 7) is 4.87. The van der Waals surface area contributed by atoms with Gasteiger partial charge in [0, 0.05) is 24.2 Å². The monoisotopic (exact) mass is 280 g/mol. The topological polar surface area (TPSA) is 56.3 Å². The lowest BCUT2D eigenvalue weighted by Gasteiger charge is -2.33. The number of methoxy groups -OCH3 is 1. The number of benzene rings is 1. The molecule has 0 spiro atoms. The summed E-state index contributed by atoms with van der Waals surface area (Å²) in [7, 11) is 5.46. The fourth-order valence-corrected chi connectivity index (χ4v) is 2.00. The molecule has 0 aliphatic carbocycles. The van der Waals surface area contributed by atoms with Gasteiger partial charge in [-0.1, -0.05) is 0 Å². The van der Waals surface area contributed by atoms with Crippen LogP contribution in [0.3, 0.4) is 0 Å². The van der Waals surface area contributed by atoms with Crippen LogP contribution in [0, 0.1) is 5.82 Å². The molecule has 20 heavy (non-hydrogen) atoms. The van der Waals surface area contributed by atoms with Gasteiger partial charge in [-0.05, 0) is 27.9 Å². The Morgan fingerprint density at radius 1 is 1.40 bits per heavy atom. The van der Waals surface area contributed by atoms with Gasteiger partial charge in [-0.2, -0.15) is 0 Å². The third-order valence-corrected chi connectivity index (χ3v) is 3.81. The molecular weight excluding hydrogens is 259 g/mol. The Morgan fingerprint density at radius 3 is 2.60 bits per heavy atom.